The Hall–Kier alpha value is -1.30. The Morgan fingerprint density at radius 3 is 2.76 bits per heavy atom. The topological polar surface area (TPSA) is 104 Å². The zero-order chi connectivity index (χ0) is 17.6. The summed E-state index contributed by atoms with van der Waals surface area (Å²) in [5.41, 5.74) is 0. The number of nitrogens with zero attached hydrogens (tertiary/aromatic N) is 2. The number of aliphatic imine (C=N–C) groups is 1. The number of hydrogen-bond donors (Lipinski definition) is 2. The standard InChI is InChI=1S/C15H24N4O4S.HI/c1-19(2)14(20)10-17-15(16-7-5-13-4-3-8-23-13)18-12-6-9-24(21,22)11-12;/h3-4,8,12H,5-7,9-11H2,1-2H3,(H2,16,17,18);1H. The number of furan rings is 1. The Morgan fingerprint density at radius 1 is 1.44 bits per heavy atom. The summed E-state index contributed by atoms with van der Waals surface area (Å²) < 4.78 is 28.4. The Kier molecular flexibility index (Phi) is 8.69. The van der Waals surface area contributed by atoms with E-state index in [-0.39, 0.29) is 54.0 Å². The van der Waals surface area contributed by atoms with Gasteiger partial charge in [-0.15, -0.1) is 24.0 Å². The molecule has 0 bridgehead atoms. The maximum atomic E-state index is 11.7. The molecule has 0 aromatic carbocycles. The van der Waals surface area contributed by atoms with Crippen molar-refractivity contribution in [2.75, 3.05) is 38.7 Å². The molecule has 1 aromatic heterocycles. The van der Waals surface area contributed by atoms with Gasteiger partial charge in [0.25, 0.3) is 0 Å². The zero-order valence-corrected chi connectivity index (χ0v) is 17.5. The van der Waals surface area contributed by atoms with Crippen LogP contribution in [0.2, 0.25) is 0 Å². The highest BCUT2D eigenvalue weighted by Crippen LogP contribution is 2.11. The predicted molar refractivity (Wildman–Crippen MR) is 107 cm³/mol. The van der Waals surface area contributed by atoms with Crippen molar-refractivity contribution in [2.24, 2.45) is 4.99 Å². The summed E-state index contributed by atoms with van der Waals surface area (Å²) in [5.74, 6) is 1.43. The van der Waals surface area contributed by atoms with Crippen molar-refractivity contribution >= 4 is 45.7 Å². The minimum Gasteiger partial charge on any atom is -0.469 e. The first-order chi connectivity index (χ1) is 11.4. The van der Waals surface area contributed by atoms with Gasteiger partial charge in [0.2, 0.25) is 5.91 Å². The monoisotopic (exact) mass is 484 g/mol. The highest BCUT2D eigenvalue weighted by molar-refractivity contribution is 14.0. The number of carbonyl (C=O) groups excluding carboxylic acids is 1. The number of nitrogens with one attached hydrogen (secondary N) is 2. The maximum Gasteiger partial charge on any atom is 0.243 e. The van der Waals surface area contributed by atoms with E-state index in [4.69, 9.17) is 4.42 Å². The van der Waals surface area contributed by atoms with Crippen molar-refractivity contribution < 1.29 is 17.6 Å². The third-order valence-electron chi connectivity index (χ3n) is 3.69. The van der Waals surface area contributed by atoms with Crippen LogP contribution in [0.3, 0.4) is 0 Å². The minimum absolute atomic E-state index is 0. The number of hydrogen-bond acceptors (Lipinski definition) is 5. The fraction of sp³-hybridized carbons (Fsp3) is 0.600. The molecule has 1 atom stereocenters. The first-order valence-electron chi connectivity index (χ1n) is 7.83. The van der Waals surface area contributed by atoms with Crippen molar-refractivity contribution in [3.8, 4) is 0 Å². The molecule has 25 heavy (non-hydrogen) atoms. The normalized spacial score (nSPS) is 19.1. The fourth-order valence-electron chi connectivity index (χ4n) is 2.30. The first-order valence-corrected chi connectivity index (χ1v) is 9.66. The van der Waals surface area contributed by atoms with Gasteiger partial charge in [0, 0.05) is 33.1 Å². The third kappa shape index (κ3) is 7.63. The van der Waals surface area contributed by atoms with Gasteiger partial charge in [0.05, 0.1) is 17.8 Å². The van der Waals surface area contributed by atoms with Gasteiger partial charge >= 0.3 is 0 Å². The van der Waals surface area contributed by atoms with Crippen LogP contribution in [0.5, 0.6) is 0 Å². The summed E-state index contributed by atoms with van der Waals surface area (Å²) in [5, 5.41) is 6.22. The van der Waals surface area contributed by atoms with Crippen molar-refractivity contribution in [1.29, 1.82) is 0 Å². The largest absolute Gasteiger partial charge is 0.469 e. The van der Waals surface area contributed by atoms with Crippen molar-refractivity contribution in [3.05, 3.63) is 24.2 Å². The summed E-state index contributed by atoms with van der Waals surface area (Å²) in [4.78, 5) is 17.4. The highest BCUT2D eigenvalue weighted by Gasteiger charge is 2.28. The van der Waals surface area contributed by atoms with Gasteiger partial charge in [-0.1, -0.05) is 0 Å². The Balaban J connectivity index is 0.00000312. The molecule has 1 amide bonds. The van der Waals surface area contributed by atoms with Crippen LogP contribution in [0.1, 0.15) is 12.2 Å². The Labute approximate surface area is 165 Å². The Bertz CT molecular complexity index is 674. The van der Waals surface area contributed by atoms with Crippen LogP contribution in [0.4, 0.5) is 0 Å². The number of halogens is 1. The van der Waals surface area contributed by atoms with E-state index in [1.165, 1.54) is 4.90 Å². The second kappa shape index (κ2) is 10.00. The quantitative estimate of drug-likeness (QED) is 0.341. The van der Waals surface area contributed by atoms with Gasteiger partial charge in [-0.3, -0.25) is 4.79 Å². The first kappa shape index (κ1) is 21.7. The number of carbonyl (C=O) groups is 1. The van der Waals surface area contributed by atoms with Crippen LogP contribution in [-0.4, -0.2) is 69.9 Å². The Morgan fingerprint density at radius 2 is 2.20 bits per heavy atom. The molecule has 1 saturated heterocycles. The van der Waals surface area contributed by atoms with Gasteiger partial charge in [-0.25, -0.2) is 13.4 Å². The number of guanidine groups is 1. The molecule has 2 rings (SSSR count). The average molecular weight is 484 g/mol. The van der Waals surface area contributed by atoms with E-state index >= 15 is 0 Å². The van der Waals surface area contributed by atoms with Gasteiger partial charge in [0.1, 0.15) is 12.3 Å². The summed E-state index contributed by atoms with van der Waals surface area (Å²) in [6, 6.07) is 3.52. The van der Waals surface area contributed by atoms with E-state index < -0.39 is 9.84 Å². The average Bonchev–Trinajstić information content (AvgIpc) is 3.13. The van der Waals surface area contributed by atoms with Crippen LogP contribution in [0.15, 0.2) is 27.8 Å². The smallest absolute Gasteiger partial charge is 0.243 e. The predicted octanol–water partition coefficient (Wildman–Crippen LogP) is 0.251. The molecular formula is C15H25IN4O4S. The number of amides is 1. The molecule has 0 saturated carbocycles. The SMILES string of the molecule is CN(C)C(=O)CN=C(NCCc1ccco1)NC1CCS(=O)(=O)C1.I. The number of rotatable bonds is 6. The van der Waals surface area contributed by atoms with Crippen LogP contribution in [-0.2, 0) is 21.1 Å². The van der Waals surface area contributed by atoms with Crippen LogP contribution in [0.25, 0.3) is 0 Å². The molecule has 1 unspecified atom stereocenters. The molecule has 1 aromatic rings. The van der Waals surface area contributed by atoms with Gasteiger partial charge in [-0.05, 0) is 18.6 Å². The fourth-order valence-corrected chi connectivity index (χ4v) is 3.98. The second-order valence-electron chi connectivity index (χ2n) is 5.95. The van der Waals surface area contributed by atoms with E-state index in [9.17, 15) is 13.2 Å². The molecule has 0 radical (unpaired) electrons. The lowest BCUT2D eigenvalue weighted by molar-refractivity contribution is -0.127. The van der Waals surface area contributed by atoms with Crippen LogP contribution < -0.4 is 10.6 Å². The van der Waals surface area contributed by atoms with E-state index in [2.05, 4.69) is 15.6 Å². The number of likely N-dealkylation sites (N-methyl/N-ethyl adjacent to an activating group) is 1. The lowest BCUT2D eigenvalue weighted by Gasteiger charge is -2.17. The van der Waals surface area contributed by atoms with Gasteiger partial charge < -0.3 is 20.0 Å². The third-order valence-corrected chi connectivity index (χ3v) is 5.46. The molecule has 2 heterocycles. The molecule has 0 spiro atoms. The lowest BCUT2D eigenvalue weighted by Crippen LogP contribution is -2.45. The van der Waals surface area contributed by atoms with Gasteiger partial charge in [0.15, 0.2) is 15.8 Å². The van der Waals surface area contributed by atoms with Crippen LogP contribution in [0, 0.1) is 0 Å². The molecule has 0 aliphatic carbocycles. The lowest BCUT2D eigenvalue weighted by atomic mass is 10.3. The summed E-state index contributed by atoms with van der Waals surface area (Å²) in [6.45, 7) is 0.567. The van der Waals surface area contributed by atoms with E-state index in [0.717, 1.165) is 5.76 Å². The second-order valence-corrected chi connectivity index (χ2v) is 8.18. The van der Waals surface area contributed by atoms with E-state index in [1.54, 1.807) is 20.4 Å². The maximum absolute atomic E-state index is 11.7. The molecule has 1 aliphatic rings. The minimum atomic E-state index is -2.98. The summed E-state index contributed by atoms with van der Waals surface area (Å²) >= 11 is 0. The zero-order valence-electron chi connectivity index (χ0n) is 14.4. The van der Waals surface area contributed by atoms with Crippen LogP contribution >= 0.6 is 24.0 Å². The molecule has 8 nitrogen and oxygen atoms in total. The van der Waals surface area contributed by atoms with E-state index in [1.807, 2.05) is 12.1 Å². The molecule has 2 N–H and O–H groups in total. The van der Waals surface area contributed by atoms with E-state index in [0.29, 0.717) is 25.3 Å². The molecule has 1 fully saturated rings. The molecule has 1 aliphatic heterocycles. The number of sulfone groups is 1. The van der Waals surface area contributed by atoms with Crippen molar-refractivity contribution in [1.82, 2.24) is 15.5 Å². The highest BCUT2D eigenvalue weighted by atomic mass is 127. The summed E-state index contributed by atoms with van der Waals surface area (Å²) in [6.07, 6.45) is 2.82. The summed E-state index contributed by atoms with van der Waals surface area (Å²) in [7, 11) is 0.354. The molecular weight excluding hydrogens is 459 g/mol. The van der Waals surface area contributed by atoms with Crippen molar-refractivity contribution in [2.45, 2.75) is 18.9 Å². The van der Waals surface area contributed by atoms with Gasteiger partial charge in [-0.2, -0.15) is 0 Å². The molecule has 10 heteroatoms. The molecule has 142 valence electrons. The van der Waals surface area contributed by atoms with Crippen molar-refractivity contribution in [3.63, 3.8) is 0 Å².